The van der Waals surface area contributed by atoms with Crippen LogP contribution in [0.25, 0.3) is 10.6 Å². The van der Waals surface area contributed by atoms with E-state index < -0.39 is 0 Å². The van der Waals surface area contributed by atoms with Gasteiger partial charge in [-0.3, -0.25) is 0 Å². The van der Waals surface area contributed by atoms with Gasteiger partial charge in [-0.15, -0.1) is 11.3 Å². The van der Waals surface area contributed by atoms with E-state index in [-0.39, 0.29) is 0 Å². The number of halogens is 2. The Morgan fingerprint density at radius 2 is 2.33 bits per heavy atom. The van der Waals surface area contributed by atoms with Crippen LogP contribution in [-0.4, -0.2) is 4.98 Å². The molecule has 0 aliphatic heterocycles. The molecule has 0 amide bonds. The zero-order valence-electron chi connectivity index (χ0n) is 5.75. The third kappa shape index (κ3) is 1.65. The third-order valence-electron chi connectivity index (χ3n) is 1.30. The molecule has 5 heteroatoms. The molecule has 0 N–H and O–H groups in total. The van der Waals surface area contributed by atoms with Crippen molar-refractivity contribution in [3.63, 3.8) is 0 Å². The first kappa shape index (κ1) is 8.52. The normalized spacial score (nSPS) is 10.5. The smallest absolute Gasteiger partial charge is 0.257 e. The van der Waals surface area contributed by atoms with Crippen LogP contribution in [0.3, 0.4) is 0 Å². The second-order valence-corrected chi connectivity index (χ2v) is 4.73. The monoisotopic (exact) mass is 311 g/mol. The number of nitrogens with zero attached hydrogens (tertiary/aromatic N) is 1. The number of rotatable bonds is 1. The fraction of sp³-hybridized carbons (Fsp3) is 0. The molecule has 0 saturated carbocycles. The van der Waals surface area contributed by atoms with Gasteiger partial charge in [0.25, 0.3) is 3.90 Å². The Bertz CT molecular complexity index is 359. The molecule has 0 radical (unpaired) electrons. The van der Waals surface area contributed by atoms with Crippen LogP contribution < -0.4 is 0 Å². The van der Waals surface area contributed by atoms with Gasteiger partial charge in [0, 0.05) is 22.6 Å². The first-order valence-electron chi connectivity index (χ1n) is 3.12. The van der Waals surface area contributed by atoms with Gasteiger partial charge in [0.1, 0.15) is 12.0 Å². The molecule has 0 spiro atoms. The Kier molecular flexibility index (Phi) is 2.38. The topological polar surface area (TPSA) is 26.0 Å². The van der Waals surface area contributed by atoms with Crippen LogP contribution in [-0.2, 0) is 0 Å². The second-order valence-electron chi connectivity index (χ2n) is 2.09. The molecule has 0 fully saturated rings. The van der Waals surface area contributed by atoms with Crippen LogP contribution in [0.5, 0.6) is 0 Å². The van der Waals surface area contributed by atoms with Crippen LogP contribution in [0.15, 0.2) is 22.8 Å². The SMILES string of the molecule is Clc1ccc(-c2coc(I)n2)s1. The van der Waals surface area contributed by atoms with Gasteiger partial charge in [0.15, 0.2) is 0 Å². The first-order valence-corrected chi connectivity index (χ1v) is 5.40. The molecule has 12 heavy (non-hydrogen) atoms. The Morgan fingerprint density at radius 1 is 1.50 bits per heavy atom. The molecule has 0 saturated heterocycles. The van der Waals surface area contributed by atoms with Gasteiger partial charge in [0.2, 0.25) is 0 Å². The van der Waals surface area contributed by atoms with Crippen molar-refractivity contribution in [2.45, 2.75) is 0 Å². The zero-order valence-corrected chi connectivity index (χ0v) is 9.48. The molecular formula is C7H3ClINOS. The summed E-state index contributed by atoms with van der Waals surface area (Å²) in [6.45, 7) is 0. The number of aromatic nitrogens is 1. The van der Waals surface area contributed by atoms with E-state index >= 15 is 0 Å². The van der Waals surface area contributed by atoms with Crippen molar-refractivity contribution in [1.82, 2.24) is 4.98 Å². The number of hydrogen-bond donors (Lipinski definition) is 0. The fourth-order valence-electron chi connectivity index (χ4n) is 0.817. The van der Waals surface area contributed by atoms with Crippen molar-refractivity contribution < 1.29 is 4.42 Å². The average molecular weight is 312 g/mol. The summed E-state index contributed by atoms with van der Waals surface area (Å²) in [5.74, 6) is 0. The van der Waals surface area contributed by atoms with E-state index in [1.807, 2.05) is 34.7 Å². The van der Waals surface area contributed by atoms with Crippen LogP contribution in [0.2, 0.25) is 4.34 Å². The zero-order chi connectivity index (χ0) is 8.55. The largest absolute Gasteiger partial charge is 0.440 e. The predicted molar refractivity (Wildman–Crippen MR) is 57.5 cm³/mol. The van der Waals surface area contributed by atoms with Crippen molar-refractivity contribution in [2.24, 2.45) is 0 Å². The van der Waals surface area contributed by atoms with Gasteiger partial charge in [0.05, 0.1) is 9.21 Å². The summed E-state index contributed by atoms with van der Waals surface area (Å²) >= 11 is 9.30. The predicted octanol–water partition coefficient (Wildman–Crippen LogP) is 3.66. The van der Waals surface area contributed by atoms with E-state index in [4.69, 9.17) is 16.0 Å². The molecule has 0 aliphatic carbocycles. The number of thiophene rings is 1. The molecule has 2 aromatic heterocycles. The van der Waals surface area contributed by atoms with Gasteiger partial charge in [-0.25, -0.2) is 4.98 Å². The van der Waals surface area contributed by atoms with Crippen molar-refractivity contribution >= 4 is 45.5 Å². The van der Waals surface area contributed by atoms with E-state index in [0.717, 1.165) is 14.9 Å². The summed E-state index contributed by atoms with van der Waals surface area (Å²) in [6.07, 6.45) is 1.63. The molecule has 62 valence electrons. The number of hydrogen-bond acceptors (Lipinski definition) is 3. The summed E-state index contributed by atoms with van der Waals surface area (Å²) in [5, 5.41) is 0. The van der Waals surface area contributed by atoms with Crippen LogP contribution in [0, 0.1) is 3.90 Å². The maximum Gasteiger partial charge on any atom is 0.257 e. The summed E-state index contributed by atoms with van der Waals surface area (Å²) in [6, 6.07) is 3.78. The first-order chi connectivity index (χ1) is 5.75. The van der Waals surface area contributed by atoms with Crippen molar-refractivity contribution in [3.8, 4) is 10.6 Å². The molecule has 0 atom stereocenters. The van der Waals surface area contributed by atoms with Gasteiger partial charge >= 0.3 is 0 Å². The van der Waals surface area contributed by atoms with Gasteiger partial charge in [-0.1, -0.05) is 11.6 Å². The molecule has 2 rings (SSSR count). The highest BCUT2D eigenvalue weighted by atomic mass is 127. The minimum Gasteiger partial charge on any atom is -0.440 e. The Balaban J connectivity index is 2.43. The maximum atomic E-state index is 5.78. The molecule has 0 unspecified atom stereocenters. The minimum atomic E-state index is 0.645. The Hall–Kier alpha value is -0.0700. The van der Waals surface area contributed by atoms with Gasteiger partial charge < -0.3 is 4.42 Å². The van der Waals surface area contributed by atoms with Crippen molar-refractivity contribution in [3.05, 3.63) is 26.6 Å². The average Bonchev–Trinajstić information content (AvgIpc) is 2.58. The van der Waals surface area contributed by atoms with Gasteiger partial charge in [-0.05, 0) is 12.1 Å². The lowest BCUT2D eigenvalue weighted by Gasteiger charge is -1.83. The lowest BCUT2D eigenvalue weighted by Crippen LogP contribution is -1.70. The van der Waals surface area contributed by atoms with Gasteiger partial charge in [-0.2, -0.15) is 0 Å². The van der Waals surface area contributed by atoms with E-state index in [0.29, 0.717) is 3.90 Å². The summed E-state index contributed by atoms with van der Waals surface area (Å²) < 4.78 is 6.48. The molecule has 2 nitrogen and oxygen atoms in total. The highest BCUT2D eigenvalue weighted by molar-refractivity contribution is 14.1. The summed E-state index contributed by atoms with van der Waals surface area (Å²) in [5.41, 5.74) is 0.844. The van der Waals surface area contributed by atoms with Crippen LogP contribution in [0.4, 0.5) is 0 Å². The van der Waals surface area contributed by atoms with E-state index in [9.17, 15) is 0 Å². The molecule has 0 bridgehead atoms. The standard InChI is InChI=1S/C7H3ClINOS/c8-6-2-1-5(12-6)4-3-11-7(9)10-4/h1-3H. The van der Waals surface area contributed by atoms with E-state index in [1.165, 1.54) is 11.3 Å². The maximum absolute atomic E-state index is 5.78. The number of oxazole rings is 1. The van der Waals surface area contributed by atoms with E-state index in [1.54, 1.807) is 6.26 Å². The lowest BCUT2D eigenvalue weighted by atomic mass is 10.4. The third-order valence-corrected chi connectivity index (χ3v) is 3.05. The Morgan fingerprint density at radius 3 is 2.83 bits per heavy atom. The van der Waals surface area contributed by atoms with Crippen molar-refractivity contribution in [1.29, 1.82) is 0 Å². The summed E-state index contributed by atoms with van der Waals surface area (Å²) in [4.78, 5) is 5.20. The molecule has 0 aromatic carbocycles. The highest BCUT2D eigenvalue weighted by Gasteiger charge is 2.05. The Labute approximate surface area is 91.7 Å². The highest BCUT2D eigenvalue weighted by Crippen LogP contribution is 2.30. The van der Waals surface area contributed by atoms with Crippen LogP contribution >= 0.6 is 45.5 Å². The molecular weight excluding hydrogens is 309 g/mol. The molecule has 0 aliphatic rings. The minimum absolute atomic E-state index is 0.645. The molecule has 2 heterocycles. The second kappa shape index (κ2) is 3.35. The quantitative estimate of drug-likeness (QED) is 0.751. The van der Waals surface area contributed by atoms with Crippen molar-refractivity contribution in [2.75, 3.05) is 0 Å². The molecule has 2 aromatic rings. The lowest BCUT2D eigenvalue weighted by molar-refractivity contribution is 0.525. The fourth-order valence-corrected chi connectivity index (χ4v) is 2.20. The summed E-state index contributed by atoms with van der Waals surface area (Å²) in [7, 11) is 0. The van der Waals surface area contributed by atoms with Crippen LogP contribution in [0.1, 0.15) is 0 Å². The van der Waals surface area contributed by atoms with E-state index in [2.05, 4.69) is 4.98 Å².